The lowest BCUT2D eigenvalue weighted by Gasteiger charge is -2.32. The summed E-state index contributed by atoms with van der Waals surface area (Å²) in [5.74, 6) is -0.123. The summed E-state index contributed by atoms with van der Waals surface area (Å²) in [7, 11) is 0. The van der Waals surface area contributed by atoms with Crippen LogP contribution in [-0.2, 0) is 5.60 Å². The van der Waals surface area contributed by atoms with Crippen molar-refractivity contribution < 1.29 is 36.2 Å². The molecule has 128 valence electrons. The average Bonchev–Trinajstić information content (AvgIpc) is 2.44. The van der Waals surface area contributed by atoms with Gasteiger partial charge < -0.3 is 9.84 Å². The summed E-state index contributed by atoms with van der Waals surface area (Å²) in [6.45, 7) is 5.98. The topological polar surface area (TPSA) is 42.4 Å². The molecule has 0 amide bonds. The molecule has 0 atom stereocenters. The largest absolute Gasteiger partial charge is 0.478 e. The zero-order valence-electron chi connectivity index (χ0n) is 12.2. The van der Waals surface area contributed by atoms with Gasteiger partial charge in [-0.3, -0.25) is 0 Å². The van der Waals surface area contributed by atoms with Gasteiger partial charge in [0, 0.05) is 17.8 Å². The van der Waals surface area contributed by atoms with Gasteiger partial charge in [0.05, 0.1) is 6.61 Å². The van der Waals surface area contributed by atoms with Gasteiger partial charge in [0.1, 0.15) is 0 Å². The molecule has 1 rings (SSSR count). The predicted octanol–water partition coefficient (Wildman–Crippen LogP) is 4.21. The highest BCUT2D eigenvalue weighted by molar-refractivity contribution is 5.27. The van der Waals surface area contributed by atoms with Crippen molar-refractivity contribution in [2.75, 3.05) is 6.61 Å². The van der Waals surface area contributed by atoms with Gasteiger partial charge >= 0.3 is 12.4 Å². The summed E-state index contributed by atoms with van der Waals surface area (Å²) in [5, 5.41) is 9.09. The van der Waals surface area contributed by atoms with E-state index in [1.165, 1.54) is 0 Å². The van der Waals surface area contributed by atoms with Crippen molar-refractivity contribution in [1.29, 1.82) is 0 Å². The molecule has 0 bridgehead atoms. The third kappa shape index (κ3) is 4.25. The van der Waals surface area contributed by atoms with Gasteiger partial charge in [0.15, 0.2) is 0 Å². The molecular weight excluding hydrogens is 316 g/mol. The monoisotopic (exact) mass is 333 g/mol. The first-order valence-electron chi connectivity index (χ1n) is 6.49. The molecule has 0 aromatic carbocycles. The van der Waals surface area contributed by atoms with Crippen molar-refractivity contribution in [1.82, 2.24) is 4.98 Å². The zero-order valence-corrected chi connectivity index (χ0v) is 12.2. The number of aliphatic hydroxyl groups is 1. The first kappa shape index (κ1) is 20.5. The van der Waals surface area contributed by atoms with Crippen molar-refractivity contribution >= 4 is 0 Å². The number of aromatic nitrogens is 1. The van der Waals surface area contributed by atoms with E-state index in [1.807, 2.05) is 13.8 Å². The van der Waals surface area contributed by atoms with Gasteiger partial charge in [0.25, 0.3) is 5.60 Å². The Morgan fingerprint density at radius 2 is 1.55 bits per heavy atom. The van der Waals surface area contributed by atoms with E-state index in [-0.39, 0.29) is 12.5 Å². The summed E-state index contributed by atoms with van der Waals surface area (Å²) in [4.78, 5) is 3.33. The van der Waals surface area contributed by atoms with Crippen molar-refractivity contribution in [3.63, 3.8) is 0 Å². The minimum atomic E-state index is -5.92. The molecule has 0 spiro atoms. The van der Waals surface area contributed by atoms with Crippen molar-refractivity contribution in [3.8, 4) is 5.88 Å². The molecule has 0 saturated heterocycles. The van der Waals surface area contributed by atoms with Gasteiger partial charge in [-0.15, -0.1) is 0 Å². The third-order valence-electron chi connectivity index (χ3n) is 2.43. The molecule has 0 radical (unpaired) electrons. The summed E-state index contributed by atoms with van der Waals surface area (Å²) < 4.78 is 80.3. The molecule has 0 unspecified atom stereocenters. The predicted molar refractivity (Wildman–Crippen MR) is 67.4 cm³/mol. The maximum atomic E-state index is 12.6. The lowest BCUT2D eigenvalue weighted by molar-refractivity contribution is -0.376. The standard InChI is InChI=1S/C11H11F6NO2.C2H6/c1-2-5-20-8-4-3-7(6-18-8)9(19,10(12,13)14)11(15,16)17;1-2/h3-4,6,19H,2,5H2,1H3;1-2H3. The smallest absolute Gasteiger partial charge is 0.430 e. The molecule has 0 aliphatic heterocycles. The quantitative estimate of drug-likeness (QED) is 0.840. The number of hydrogen-bond donors (Lipinski definition) is 1. The van der Waals surface area contributed by atoms with Crippen molar-refractivity contribution in [3.05, 3.63) is 23.9 Å². The lowest BCUT2D eigenvalue weighted by Crippen LogP contribution is -2.53. The molecule has 3 nitrogen and oxygen atoms in total. The number of nitrogens with zero attached hydrogens (tertiary/aromatic N) is 1. The zero-order chi connectivity index (χ0) is 17.6. The summed E-state index contributed by atoms with van der Waals surface area (Å²) in [6.07, 6.45) is -10.9. The van der Waals surface area contributed by atoms with Gasteiger partial charge in [0.2, 0.25) is 5.88 Å². The Labute approximate surface area is 123 Å². The second-order valence-electron chi connectivity index (χ2n) is 3.94. The summed E-state index contributed by atoms with van der Waals surface area (Å²) in [5.41, 5.74) is -6.38. The second kappa shape index (κ2) is 7.66. The molecule has 1 aromatic rings. The number of ether oxygens (including phenoxy) is 1. The highest BCUT2D eigenvalue weighted by atomic mass is 19.4. The van der Waals surface area contributed by atoms with Gasteiger partial charge in [-0.1, -0.05) is 20.8 Å². The van der Waals surface area contributed by atoms with E-state index < -0.39 is 23.5 Å². The maximum absolute atomic E-state index is 12.6. The van der Waals surface area contributed by atoms with E-state index in [4.69, 9.17) is 9.84 Å². The first-order valence-corrected chi connectivity index (χ1v) is 6.49. The molecule has 9 heteroatoms. The number of pyridine rings is 1. The fourth-order valence-electron chi connectivity index (χ4n) is 1.37. The van der Waals surface area contributed by atoms with Crippen molar-refractivity contribution in [2.24, 2.45) is 0 Å². The molecular formula is C13H17F6NO2. The molecule has 0 aliphatic rings. The van der Waals surface area contributed by atoms with Gasteiger partial charge in [-0.05, 0) is 12.5 Å². The van der Waals surface area contributed by atoms with E-state index in [0.717, 1.165) is 6.07 Å². The van der Waals surface area contributed by atoms with Crippen LogP contribution in [-0.4, -0.2) is 29.0 Å². The first-order chi connectivity index (χ1) is 10.0. The fourth-order valence-corrected chi connectivity index (χ4v) is 1.37. The van der Waals surface area contributed by atoms with Crippen LogP contribution in [0.1, 0.15) is 32.8 Å². The van der Waals surface area contributed by atoms with Crippen LogP contribution in [0.5, 0.6) is 5.88 Å². The van der Waals surface area contributed by atoms with Crippen LogP contribution in [0.15, 0.2) is 18.3 Å². The molecule has 22 heavy (non-hydrogen) atoms. The van der Waals surface area contributed by atoms with E-state index in [1.54, 1.807) is 6.92 Å². The Bertz CT molecular complexity index is 427. The Balaban J connectivity index is 0.00000211. The normalized spacial score (nSPS) is 12.5. The highest BCUT2D eigenvalue weighted by Gasteiger charge is 2.71. The Kier molecular flexibility index (Phi) is 7.14. The third-order valence-corrected chi connectivity index (χ3v) is 2.43. The Morgan fingerprint density at radius 3 is 1.86 bits per heavy atom. The molecule has 0 saturated carbocycles. The molecule has 1 N–H and O–H groups in total. The fraction of sp³-hybridized carbons (Fsp3) is 0.615. The van der Waals surface area contributed by atoms with Gasteiger partial charge in [-0.2, -0.15) is 26.3 Å². The van der Waals surface area contributed by atoms with Crippen LogP contribution < -0.4 is 4.74 Å². The SMILES string of the molecule is CC.CCCOc1ccc(C(O)(C(F)(F)F)C(F)(F)F)cn1. The number of hydrogen-bond acceptors (Lipinski definition) is 3. The maximum Gasteiger partial charge on any atom is 0.430 e. The average molecular weight is 333 g/mol. The molecule has 1 aromatic heterocycles. The summed E-state index contributed by atoms with van der Waals surface area (Å²) in [6, 6.07) is 1.33. The second-order valence-corrected chi connectivity index (χ2v) is 3.94. The van der Waals surface area contributed by atoms with E-state index in [2.05, 4.69) is 4.98 Å². The number of rotatable bonds is 4. The lowest BCUT2D eigenvalue weighted by atomic mass is 9.94. The van der Waals surface area contributed by atoms with Gasteiger partial charge in [-0.25, -0.2) is 4.98 Å². The van der Waals surface area contributed by atoms with Crippen LogP contribution in [0.2, 0.25) is 0 Å². The molecule has 1 heterocycles. The number of alkyl halides is 6. The minimum Gasteiger partial charge on any atom is -0.478 e. The van der Waals surface area contributed by atoms with Crippen LogP contribution in [0, 0.1) is 0 Å². The van der Waals surface area contributed by atoms with Crippen LogP contribution in [0.25, 0.3) is 0 Å². The van der Waals surface area contributed by atoms with E-state index >= 15 is 0 Å². The van der Waals surface area contributed by atoms with E-state index in [0.29, 0.717) is 18.7 Å². The van der Waals surface area contributed by atoms with Crippen LogP contribution in [0.3, 0.4) is 0 Å². The van der Waals surface area contributed by atoms with Crippen LogP contribution >= 0.6 is 0 Å². The Morgan fingerprint density at radius 1 is 1.05 bits per heavy atom. The van der Waals surface area contributed by atoms with Crippen LogP contribution in [0.4, 0.5) is 26.3 Å². The van der Waals surface area contributed by atoms with Crippen molar-refractivity contribution in [2.45, 2.75) is 45.1 Å². The number of halogens is 6. The summed E-state index contributed by atoms with van der Waals surface area (Å²) >= 11 is 0. The molecule has 0 aliphatic carbocycles. The Hall–Kier alpha value is -1.51. The molecule has 0 fully saturated rings. The highest BCUT2D eigenvalue weighted by Crippen LogP contribution is 2.49. The minimum absolute atomic E-state index is 0.123. The van der Waals surface area contributed by atoms with E-state index in [9.17, 15) is 26.3 Å².